The fourth-order valence-corrected chi connectivity index (χ4v) is 1.74. The average molecular weight is 241 g/mol. The first kappa shape index (κ1) is 16.4. The van der Waals surface area contributed by atoms with Crippen LogP contribution in [0.5, 0.6) is 0 Å². The van der Waals surface area contributed by atoms with Crippen molar-refractivity contribution in [3.63, 3.8) is 0 Å². The Balaban J connectivity index is 3.01. The molecule has 0 aromatic heterocycles. The summed E-state index contributed by atoms with van der Waals surface area (Å²) in [6.45, 7) is 9.72. The highest BCUT2D eigenvalue weighted by Crippen LogP contribution is 2.22. The molecule has 3 heteroatoms. The zero-order valence-electron chi connectivity index (χ0n) is 11.8. The van der Waals surface area contributed by atoms with Crippen molar-refractivity contribution >= 4 is 6.41 Å². The lowest BCUT2D eigenvalue weighted by Crippen LogP contribution is -2.21. The monoisotopic (exact) mass is 241 g/mol. The van der Waals surface area contributed by atoms with Gasteiger partial charge >= 0.3 is 6.41 Å². The molecule has 0 bridgehead atoms. The SMILES string of the molecule is CC(C)(C)CCCCCCNCCCN[C]=O. The Hall–Kier alpha value is -0.570. The van der Waals surface area contributed by atoms with Crippen LogP contribution < -0.4 is 10.6 Å². The molecule has 0 fully saturated rings. The third-order valence-electron chi connectivity index (χ3n) is 2.76. The van der Waals surface area contributed by atoms with Crippen molar-refractivity contribution < 1.29 is 4.79 Å². The smallest absolute Gasteiger partial charge is 0.309 e. The van der Waals surface area contributed by atoms with Gasteiger partial charge in [-0.3, -0.25) is 4.79 Å². The standard InChI is InChI=1S/C14H29N2O/c1-14(2,3)9-6-4-5-7-10-15-11-8-12-16-13-17/h15H,4-12H2,1-3H3,(H,16,17). The van der Waals surface area contributed by atoms with E-state index >= 15 is 0 Å². The van der Waals surface area contributed by atoms with Gasteiger partial charge in [0.2, 0.25) is 0 Å². The van der Waals surface area contributed by atoms with Crippen molar-refractivity contribution in [3.05, 3.63) is 0 Å². The van der Waals surface area contributed by atoms with Crippen LogP contribution in [0.2, 0.25) is 0 Å². The Morgan fingerprint density at radius 2 is 1.53 bits per heavy atom. The minimum Gasteiger partial charge on any atom is -0.348 e. The highest BCUT2D eigenvalue weighted by atomic mass is 16.1. The number of amides is 1. The second kappa shape index (κ2) is 10.6. The quantitative estimate of drug-likeness (QED) is 0.431. The topological polar surface area (TPSA) is 41.1 Å². The number of nitrogens with one attached hydrogen (secondary N) is 2. The van der Waals surface area contributed by atoms with E-state index in [4.69, 9.17) is 0 Å². The van der Waals surface area contributed by atoms with Crippen LogP contribution in [0, 0.1) is 5.41 Å². The molecule has 2 N–H and O–H groups in total. The van der Waals surface area contributed by atoms with Crippen LogP contribution >= 0.6 is 0 Å². The normalized spacial score (nSPS) is 11.5. The Bertz CT molecular complexity index is 176. The largest absolute Gasteiger partial charge is 0.348 e. The van der Waals surface area contributed by atoms with Gasteiger partial charge in [-0.25, -0.2) is 0 Å². The lowest BCUT2D eigenvalue weighted by molar-refractivity contribution is 0.356. The molecule has 101 valence electrons. The van der Waals surface area contributed by atoms with Gasteiger partial charge in [0, 0.05) is 6.54 Å². The molecule has 0 rings (SSSR count). The molecule has 0 unspecified atom stereocenters. The fourth-order valence-electron chi connectivity index (χ4n) is 1.74. The lowest BCUT2D eigenvalue weighted by atomic mass is 9.89. The minimum atomic E-state index is 0.487. The second-order valence-electron chi connectivity index (χ2n) is 5.86. The predicted octanol–water partition coefficient (Wildman–Crippen LogP) is 2.62. The van der Waals surface area contributed by atoms with Gasteiger partial charge in [-0.15, -0.1) is 0 Å². The number of rotatable bonds is 11. The molecule has 0 aromatic rings. The molecule has 0 aromatic carbocycles. The molecule has 0 saturated carbocycles. The van der Waals surface area contributed by atoms with Crippen molar-refractivity contribution in [3.8, 4) is 0 Å². The predicted molar refractivity (Wildman–Crippen MR) is 73.7 cm³/mol. The Labute approximate surface area is 107 Å². The molecule has 0 aliphatic rings. The first-order valence-electron chi connectivity index (χ1n) is 6.87. The van der Waals surface area contributed by atoms with E-state index in [1.54, 1.807) is 6.41 Å². The van der Waals surface area contributed by atoms with E-state index < -0.39 is 0 Å². The van der Waals surface area contributed by atoms with Gasteiger partial charge in [-0.05, 0) is 37.8 Å². The summed E-state index contributed by atoms with van der Waals surface area (Å²) in [6.07, 6.45) is 9.27. The third-order valence-corrected chi connectivity index (χ3v) is 2.76. The molecular formula is C14H29N2O. The van der Waals surface area contributed by atoms with Crippen molar-refractivity contribution in [2.45, 2.75) is 59.3 Å². The number of hydrogen-bond donors (Lipinski definition) is 2. The van der Waals surface area contributed by atoms with E-state index in [0.717, 1.165) is 26.1 Å². The lowest BCUT2D eigenvalue weighted by Gasteiger charge is -2.17. The molecule has 0 saturated heterocycles. The molecule has 1 radical (unpaired) electrons. The molecule has 0 heterocycles. The average Bonchev–Trinajstić information content (AvgIpc) is 2.24. The molecule has 1 amide bonds. The van der Waals surface area contributed by atoms with Gasteiger partial charge in [-0.2, -0.15) is 0 Å². The molecule has 0 aliphatic carbocycles. The zero-order valence-corrected chi connectivity index (χ0v) is 11.8. The summed E-state index contributed by atoms with van der Waals surface area (Å²) in [5.74, 6) is 0. The summed E-state index contributed by atoms with van der Waals surface area (Å²) in [5.41, 5.74) is 0.487. The van der Waals surface area contributed by atoms with Gasteiger partial charge < -0.3 is 10.6 Å². The summed E-state index contributed by atoms with van der Waals surface area (Å²) < 4.78 is 0. The van der Waals surface area contributed by atoms with Crippen LogP contribution in [-0.4, -0.2) is 26.0 Å². The van der Waals surface area contributed by atoms with Gasteiger partial charge in [0.1, 0.15) is 0 Å². The van der Waals surface area contributed by atoms with Crippen molar-refractivity contribution in [1.29, 1.82) is 0 Å². The summed E-state index contributed by atoms with van der Waals surface area (Å²) in [6, 6.07) is 0. The van der Waals surface area contributed by atoms with Crippen LogP contribution in [-0.2, 0) is 4.79 Å². The maximum Gasteiger partial charge on any atom is 0.309 e. The van der Waals surface area contributed by atoms with Crippen molar-refractivity contribution in [2.75, 3.05) is 19.6 Å². The summed E-state index contributed by atoms with van der Waals surface area (Å²) >= 11 is 0. The Kier molecular flexibility index (Phi) is 10.2. The highest BCUT2D eigenvalue weighted by Gasteiger charge is 2.08. The molecule has 0 spiro atoms. The maximum atomic E-state index is 9.85. The van der Waals surface area contributed by atoms with Crippen molar-refractivity contribution in [2.24, 2.45) is 5.41 Å². The summed E-state index contributed by atoms with van der Waals surface area (Å²) in [4.78, 5) is 9.85. The number of carbonyl (C=O) groups excluding carboxylic acids is 1. The molecule has 0 atom stereocenters. The van der Waals surface area contributed by atoms with Crippen LogP contribution in [0.3, 0.4) is 0 Å². The molecular weight excluding hydrogens is 212 g/mol. The second-order valence-corrected chi connectivity index (χ2v) is 5.86. The zero-order chi connectivity index (χ0) is 13.0. The Morgan fingerprint density at radius 1 is 0.882 bits per heavy atom. The molecule has 0 aliphatic heterocycles. The summed E-state index contributed by atoms with van der Waals surface area (Å²) in [5, 5.41) is 5.92. The van der Waals surface area contributed by atoms with Crippen LogP contribution in [0.25, 0.3) is 0 Å². The van der Waals surface area contributed by atoms with Crippen LogP contribution in [0.1, 0.15) is 59.3 Å². The maximum absolute atomic E-state index is 9.85. The number of unbranched alkanes of at least 4 members (excludes halogenated alkanes) is 3. The Morgan fingerprint density at radius 3 is 2.18 bits per heavy atom. The number of hydrogen-bond acceptors (Lipinski definition) is 2. The van der Waals surface area contributed by atoms with E-state index in [1.807, 2.05) is 0 Å². The summed E-state index contributed by atoms with van der Waals surface area (Å²) in [7, 11) is 0. The van der Waals surface area contributed by atoms with Gasteiger partial charge in [-0.1, -0.05) is 40.0 Å². The molecule has 3 nitrogen and oxygen atoms in total. The van der Waals surface area contributed by atoms with E-state index in [-0.39, 0.29) is 0 Å². The van der Waals surface area contributed by atoms with Gasteiger partial charge in [0.15, 0.2) is 0 Å². The first-order chi connectivity index (χ1) is 8.06. The molecule has 17 heavy (non-hydrogen) atoms. The third kappa shape index (κ3) is 15.4. The van der Waals surface area contributed by atoms with E-state index in [2.05, 4.69) is 31.4 Å². The fraction of sp³-hybridized carbons (Fsp3) is 0.929. The van der Waals surface area contributed by atoms with Gasteiger partial charge in [0.05, 0.1) is 0 Å². The van der Waals surface area contributed by atoms with E-state index in [9.17, 15) is 4.79 Å². The highest BCUT2D eigenvalue weighted by molar-refractivity contribution is 5.46. The van der Waals surface area contributed by atoms with Gasteiger partial charge in [0.25, 0.3) is 0 Å². The van der Waals surface area contributed by atoms with Crippen LogP contribution in [0.15, 0.2) is 0 Å². The minimum absolute atomic E-state index is 0.487. The van der Waals surface area contributed by atoms with E-state index in [0.29, 0.717) is 5.41 Å². The van der Waals surface area contributed by atoms with E-state index in [1.165, 1.54) is 32.1 Å². The first-order valence-corrected chi connectivity index (χ1v) is 6.87. The van der Waals surface area contributed by atoms with Crippen molar-refractivity contribution in [1.82, 2.24) is 10.6 Å². The van der Waals surface area contributed by atoms with Crippen LogP contribution in [0.4, 0.5) is 0 Å².